The van der Waals surface area contributed by atoms with Crippen molar-refractivity contribution in [3.63, 3.8) is 0 Å². The number of hydrogen-bond donors (Lipinski definition) is 3. The molecule has 11 heteroatoms. The number of carbonyl (C=O) groups is 5. The quantitative estimate of drug-likeness (QED) is 0.0992. The van der Waals surface area contributed by atoms with Crippen molar-refractivity contribution in [2.24, 2.45) is 11.8 Å². The van der Waals surface area contributed by atoms with E-state index in [4.69, 9.17) is 4.74 Å². The Morgan fingerprint density at radius 1 is 0.541 bits per heavy atom. The average molecular weight is 832 g/mol. The van der Waals surface area contributed by atoms with Crippen LogP contribution in [0.25, 0.3) is 0 Å². The highest BCUT2D eigenvalue weighted by Crippen LogP contribution is 2.42. The number of benzene rings is 3. The topological polar surface area (TPSA) is 137 Å². The summed E-state index contributed by atoms with van der Waals surface area (Å²) in [6.07, 6.45) is 11.5. The molecule has 2 aliphatic heterocycles. The fraction of sp³-hybridized carbons (Fsp3) is 0.540. The molecule has 7 rings (SSSR count). The summed E-state index contributed by atoms with van der Waals surface area (Å²) in [5.74, 6) is -1.80. The second-order valence-electron chi connectivity index (χ2n) is 17.8. The minimum absolute atomic E-state index is 0.00515. The van der Waals surface area contributed by atoms with Crippen LogP contribution in [0.5, 0.6) is 0 Å². The van der Waals surface area contributed by atoms with Crippen molar-refractivity contribution in [3.05, 3.63) is 107 Å². The SMILES string of the molecule is CCCCCCCO[C@@H]1CN(C(=O)c2ccc(C(=O)N3C[C@@H](C(=O)N[C@H]4C[C@@H]4c4ccccc4)[C@H](C(=O)N[C@H]4C[C@@H]4c4ccccc4)C3)cc2)C[C@@H]1NC(=O)CCCCCC. The second-order valence-corrected chi connectivity index (χ2v) is 17.8. The van der Waals surface area contributed by atoms with Gasteiger partial charge in [-0.25, -0.2) is 0 Å². The highest BCUT2D eigenvalue weighted by molar-refractivity contribution is 5.99. The number of hydrogen-bond acceptors (Lipinski definition) is 6. The third-order valence-electron chi connectivity index (χ3n) is 13.1. The molecule has 5 amide bonds. The first-order valence-electron chi connectivity index (χ1n) is 23.0. The van der Waals surface area contributed by atoms with Gasteiger partial charge in [0.05, 0.1) is 24.0 Å². The minimum atomic E-state index is -0.692. The molecule has 8 atom stereocenters. The minimum Gasteiger partial charge on any atom is -0.374 e. The predicted octanol–water partition coefficient (Wildman–Crippen LogP) is 6.99. The van der Waals surface area contributed by atoms with Crippen LogP contribution < -0.4 is 16.0 Å². The number of unbranched alkanes of at least 4 members (excludes halogenated alkanes) is 7. The highest BCUT2D eigenvalue weighted by Gasteiger charge is 2.49. The van der Waals surface area contributed by atoms with Crippen LogP contribution in [0.1, 0.15) is 135 Å². The van der Waals surface area contributed by atoms with Gasteiger partial charge in [-0.15, -0.1) is 0 Å². The summed E-state index contributed by atoms with van der Waals surface area (Å²) in [5.41, 5.74) is 3.18. The van der Waals surface area contributed by atoms with Gasteiger partial charge in [-0.3, -0.25) is 24.0 Å². The van der Waals surface area contributed by atoms with Crippen LogP contribution in [0, 0.1) is 11.8 Å². The van der Waals surface area contributed by atoms with Crippen LogP contribution in [0.15, 0.2) is 84.9 Å². The summed E-state index contributed by atoms with van der Waals surface area (Å²) >= 11 is 0. The predicted molar refractivity (Wildman–Crippen MR) is 236 cm³/mol. The van der Waals surface area contributed by atoms with E-state index in [-0.39, 0.29) is 78.7 Å². The van der Waals surface area contributed by atoms with E-state index in [0.717, 1.165) is 51.4 Å². The van der Waals surface area contributed by atoms with Gasteiger partial charge in [0, 0.05) is 74.3 Å². The third kappa shape index (κ3) is 11.7. The lowest BCUT2D eigenvalue weighted by Crippen LogP contribution is -2.44. The van der Waals surface area contributed by atoms with Gasteiger partial charge in [-0.1, -0.05) is 119 Å². The first kappa shape index (κ1) is 44.0. The Morgan fingerprint density at radius 3 is 1.52 bits per heavy atom. The Labute approximate surface area is 361 Å². The smallest absolute Gasteiger partial charge is 0.254 e. The molecule has 3 aromatic carbocycles. The molecular weight excluding hydrogens is 767 g/mol. The second kappa shape index (κ2) is 21.2. The molecule has 326 valence electrons. The van der Waals surface area contributed by atoms with E-state index in [0.29, 0.717) is 37.2 Å². The molecule has 2 heterocycles. The summed E-state index contributed by atoms with van der Waals surface area (Å²) < 4.78 is 6.30. The molecule has 0 bridgehead atoms. The molecule has 4 fully saturated rings. The summed E-state index contributed by atoms with van der Waals surface area (Å²) in [6, 6.07) is 26.6. The highest BCUT2D eigenvalue weighted by atomic mass is 16.5. The van der Waals surface area contributed by atoms with E-state index in [9.17, 15) is 24.0 Å². The molecule has 11 nitrogen and oxygen atoms in total. The van der Waals surface area contributed by atoms with E-state index in [1.54, 1.807) is 34.1 Å². The number of likely N-dealkylation sites (tertiary alicyclic amines) is 2. The zero-order valence-electron chi connectivity index (χ0n) is 36.1. The number of carbonyl (C=O) groups excluding carboxylic acids is 5. The number of amides is 5. The number of nitrogens with zero attached hydrogens (tertiary/aromatic N) is 2. The van der Waals surface area contributed by atoms with E-state index < -0.39 is 11.8 Å². The zero-order chi connectivity index (χ0) is 42.7. The van der Waals surface area contributed by atoms with Gasteiger partial charge in [-0.05, 0) is 61.1 Å². The molecule has 61 heavy (non-hydrogen) atoms. The molecule has 0 radical (unpaired) electrons. The van der Waals surface area contributed by atoms with Gasteiger partial charge in [0.25, 0.3) is 11.8 Å². The van der Waals surface area contributed by atoms with Crippen LogP contribution in [0.4, 0.5) is 0 Å². The van der Waals surface area contributed by atoms with Crippen molar-refractivity contribution in [2.75, 3.05) is 32.8 Å². The largest absolute Gasteiger partial charge is 0.374 e. The molecule has 0 aromatic heterocycles. The molecule has 3 aromatic rings. The third-order valence-corrected chi connectivity index (χ3v) is 13.1. The maximum Gasteiger partial charge on any atom is 0.254 e. The van der Waals surface area contributed by atoms with Gasteiger partial charge in [0.15, 0.2) is 0 Å². The first-order valence-corrected chi connectivity index (χ1v) is 23.0. The normalized spacial score (nSPS) is 25.2. The monoisotopic (exact) mass is 831 g/mol. The number of nitrogens with one attached hydrogen (secondary N) is 3. The molecule has 3 N–H and O–H groups in total. The van der Waals surface area contributed by atoms with Crippen LogP contribution >= 0.6 is 0 Å². The fourth-order valence-electron chi connectivity index (χ4n) is 9.23. The Balaban J connectivity index is 0.978. The molecule has 2 saturated heterocycles. The summed E-state index contributed by atoms with van der Waals surface area (Å²) in [4.78, 5) is 72.0. The van der Waals surface area contributed by atoms with Crippen LogP contribution in [-0.2, 0) is 19.1 Å². The fourth-order valence-corrected chi connectivity index (χ4v) is 9.23. The van der Waals surface area contributed by atoms with Crippen LogP contribution in [0.2, 0.25) is 0 Å². The van der Waals surface area contributed by atoms with Crippen molar-refractivity contribution in [2.45, 2.75) is 127 Å². The van der Waals surface area contributed by atoms with Gasteiger partial charge >= 0.3 is 0 Å². The lowest BCUT2D eigenvalue weighted by molar-refractivity contribution is -0.133. The summed E-state index contributed by atoms with van der Waals surface area (Å²) in [6.45, 7) is 5.89. The zero-order valence-corrected chi connectivity index (χ0v) is 36.1. The lowest BCUT2D eigenvalue weighted by atomic mass is 9.94. The van der Waals surface area contributed by atoms with Crippen molar-refractivity contribution >= 4 is 29.5 Å². The molecule has 0 unspecified atom stereocenters. The summed E-state index contributed by atoms with van der Waals surface area (Å²) in [5, 5.41) is 9.56. The molecule has 4 aliphatic rings. The molecule has 0 spiro atoms. The average Bonchev–Trinajstić information content (AvgIpc) is 4.14. The van der Waals surface area contributed by atoms with Crippen LogP contribution in [-0.4, -0.2) is 96.4 Å². The molecule has 2 saturated carbocycles. The standard InChI is InChI=1S/C50H65N5O6/c1-3-5-7-9-17-27-61-45-33-55(32-44(45)51-46(56)22-16-8-6-4-2)50(60)37-25-23-36(24-26-37)49(59)54-30-40(47(57)52-42-28-38(42)34-18-12-10-13-19-34)41(31-54)48(58)53-43-29-39(43)35-20-14-11-15-21-35/h10-15,18-21,23-26,38-45H,3-9,16-17,22,27-33H2,1-2H3,(H,51,56)(H,52,57)(H,53,58)/t38-,39-,40-,41-,42+,43+,44+,45-/m1/s1. The summed E-state index contributed by atoms with van der Waals surface area (Å²) in [7, 11) is 0. The van der Waals surface area contributed by atoms with E-state index in [1.165, 1.54) is 30.4 Å². The van der Waals surface area contributed by atoms with E-state index in [1.807, 2.05) is 36.4 Å². The Hall–Kier alpha value is -5.03. The van der Waals surface area contributed by atoms with Gasteiger partial charge in [0.2, 0.25) is 17.7 Å². The van der Waals surface area contributed by atoms with Gasteiger partial charge in [-0.2, -0.15) is 0 Å². The molecular formula is C50H65N5O6. The van der Waals surface area contributed by atoms with Crippen molar-refractivity contribution in [1.82, 2.24) is 25.8 Å². The first-order chi connectivity index (χ1) is 29.7. The van der Waals surface area contributed by atoms with E-state index in [2.05, 4.69) is 54.1 Å². The Morgan fingerprint density at radius 2 is 1.02 bits per heavy atom. The van der Waals surface area contributed by atoms with Crippen molar-refractivity contribution in [3.8, 4) is 0 Å². The lowest BCUT2D eigenvalue weighted by Gasteiger charge is -2.20. The maximum atomic E-state index is 14.1. The van der Waals surface area contributed by atoms with Crippen molar-refractivity contribution in [1.29, 1.82) is 0 Å². The van der Waals surface area contributed by atoms with Gasteiger partial charge < -0.3 is 30.5 Å². The number of ether oxygens (including phenoxy) is 1. The Kier molecular flexibility index (Phi) is 15.3. The van der Waals surface area contributed by atoms with E-state index >= 15 is 0 Å². The van der Waals surface area contributed by atoms with Crippen molar-refractivity contribution < 1.29 is 28.7 Å². The number of rotatable bonds is 21. The maximum absolute atomic E-state index is 14.1. The Bertz CT molecular complexity index is 1870. The van der Waals surface area contributed by atoms with Gasteiger partial charge in [0.1, 0.15) is 0 Å². The van der Waals surface area contributed by atoms with Crippen LogP contribution in [0.3, 0.4) is 0 Å². The molecule has 2 aliphatic carbocycles.